The van der Waals surface area contributed by atoms with E-state index in [-0.39, 0.29) is 23.6 Å². The minimum atomic E-state index is -3.52. The fourth-order valence-corrected chi connectivity index (χ4v) is 3.96. The van der Waals surface area contributed by atoms with Crippen molar-refractivity contribution in [3.05, 3.63) is 29.8 Å². The van der Waals surface area contributed by atoms with Crippen LogP contribution in [0.25, 0.3) is 0 Å². The Balaban J connectivity index is 1.74. The largest absolute Gasteiger partial charge is 0.376 e. The van der Waals surface area contributed by atoms with Crippen LogP contribution in [-0.4, -0.2) is 52.1 Å². The van der Waals surface area contributed by atoms with Crippen LogP contribution in [0.1, 0.15) is 32.3 Å². The monoisotopic (exact) mass is 397 g/mol. The Hall–Kier alpha value is -1.97. The van der Waals surface area contributed by atoms with E-state index < -0.39 is 21.8 Å². The predicted molar refractivity (Wildman–Crippen MR) is 101 cm³/mol. The second-order valence-electron chi connectivity index (χ2n) is 6.77. The molecule has 0 bridgehead atoms. The van der Waals surface area contributed by atoms with Gasteiger partial charge in [-0.2, -0.15) is 0 Å². The van der Waals surface area contributed by atoms with Gasteiger partial charge in [-0.05, 0) is 50.8 Å². The minimum Gasteiger partial charge on any atom is -0.376 e. The van der Waals surface area contributed by atoms with Crippen molar-refractivity contribution in [2.75, 3.05) is 19.7 Å². The van der Waals surface area contributed by atoms with Gasteiger partial charge in [-0.3, -0.25) is 9.59 Å². The summed E-state index contributed by atoms with van der Waals surface area (Å²) in [6.45, 7) is 4.83. The van der Waals surface area contributed by atoms with Gasteiger partial charge in [0.05, 0.1) is 11.0 Å². The van der Waals surface area contributed by atoms with Crippen molar-refractivity contribution in [2.24, 2.45) is 0 Å². The summed E-state index contributed by atoms with van der Waals surface area (Å²) in [6.07, 6.45) is 2.34. The van der Waals surface area contributed by atoms with E-state index in [1.165, 1.54) is 12.1 Å². The zero-order valence-electron chi connectivity index (χ0n) is 15.7. The molecule has 1 aromatic rings. The number of sulfonamides is 1. The van der Waals surface area contributed by atoms with Gasteiger partial charge in [0.1, 0.15) is 0 Å². The first-order valence-corrected chi connectivity index (χ1v) is 10.5. The van der Waals surface area contributed by atoms with E-state index in [0.717, 1.165) is 18.4 Å². The summed E-state index contributed by atoms with van der Waals surface area (Å²) in [7, 11) is -3.52. The van der Waals surface area contributed by atoms with Gasteiger partial charge < -0.3 is 15.4 Å². The van der Waals surface area contributed by atoms with Gasteiger partial charge in [-0.25, -0.2) is 13.1 Å². The fourth-order valence-electron chi connectivity index (χ4n) is 2.71. The number of carbonyl (C=O) groups excluding carboxylic acids is 2. The van der Waals surface area contributed by atoms with Gasteiger partial charge in [-0.15, -0.1) is 0 Å². The summed E-state index contributed by atoms with van der Waals surface area (Å²) in [5.74, 6) is -1.36. The zero-order valence-corrected chi connectivity index (χ0v) is 16.5. The molecule has 1 saturated heterocycles. The number of amides is 2. The quantitative estimate of drug-likeness (QED) is 0.547. The zero-order chi connectivity index (χ0) is 19.9. The van der Waals surface area contributed by atoms with E-state index in [9.17, 15) is 18.0 Å². The number of ether oxygens (including phenoxy) is 1. The molecule has 0 radical (unpaired) electrons. The van der Waals surface area contributed by atoms with E-state index >= 15 is 0 Å². The Morgan fingerprint density at radius 2 is 1.81 bits per heavy atom. The van der Waals surface area contributed by atoms with E-state index in [1.807, 2.05) is 0 Å². The van der Waals surface area contributed by atoms with Crippen LogP contribution in [0.2, 0.25) is 0 Å². The highest BCUT2D eigenvalue weighted by atomic mass is 32.2. The molecule has 0 aliphatic carbocycles. The molecular weight excluding hydrogens is 370 g/mol. The first kappa shape index (κ1) is 21.3. The Morgan fingerprint density at radius 1 is 1.15 bits per heavy atom. The molecule has 150 valence electrons. The van der Waals surface area contributed by atoms with Gasteiger partial charge in [0, 0.05) is 25.7 Å². The number of hydrogen-bond acceptors (Lipinski definition) is 5. The molecule has 0 aromatic heterocycles. The van der Waals surface area contributed by atoms with Gasteiger partial charge in [0.15, 0.2) is 0 Å². The normalized spacial score (nSPS) is 17.1. The average molecular weight is 397 g/mol. The average Bonchev–Trinajstić information content (AvgIpc) is 3.12. The molecular formula is C18H27N3O5S. The summed E-state index contributed by atoms with van der Waals surface area (Å²) in [6, 6.07) is 6.25. The Bertz CT molecular complexity index is 741. The summed E-state index contributed by atoms with van der Waals surface area (Å²) in [4.78, 5) is 23.7. The third-order valence-electron chi connectivity index (χ3n) is 4.04. The number of benzene rings is 1. The molecule has 1 aliphatic heterocycles. The molecule has 1 atom stereocenters. The van der Waals surface area contributed by atoms with Gasteiger partial charge >= 0.3 is 11.8 Å². The summed E-state index contributed by atoms with van der Waals surface area (Å²) < 4.78 is 32.0. The van der Waals surface area contributed by atoms with Crippen molar-refractivity contribution in [2.45, 2.75) is 50.2 Å². The fraction of sp³-hybridized carbons (Fsp3) is 0.556. The maximum absolute atomic E-state index is 12.1. The van der Waals surface area contributed by atoms with E-state index in [1.54, 1.807) is 26.0 Å². The molecule has 0 saturated carbocycles. The first-order chi connectivity index (χ1) is 12.8. The van der Waals surface area contributed by atoms with Crippen LogP contribution < -0.4 is 15.4 Å². The number of rotatable bonds is 8. The smallest absolute Gasteiger partial charge is 0.309 e. The highest BCUT2D eigenvalue weighted by Crippen LogP contribution is 2.12. The molecule has 27 heavy (non-hydrogen) atoms. The highest BCUT2D eigenvalue weighted by molar-refractivity contribution is 7.89. The van der Waals surface area contributed by atoms with E-state index in [0.29, 0.717) is 19.6 Å². The highest BCUT2D eigenvalue weighted by Gasteiger charge is 2.19. The van der Waals surface area contributed by atoms with Crippen molar-refractivity contribution < 1.29 is 22.7 Å². The Morgan fingerprint density at radius 3 is 2.41 bits per heavy atom. The molecule has 2 amide bonds. The van der Waals surface area contributed by atoms with E-state index in [2.05, 4.69) is 15.4 Å². The lowest BCUT2D eigenvalue weighted by Crippen LogP contribution is -2.43. The van der Waals surface area contributed by atoms with Crippen LogP contribution in [0.5, 0.6) is 0 Å². The number of hydrogen-bond donors (Lipinski definition) is 3. The lowest BCUT2D eigenvalue weighted by atomic mass is 10.1. The summed E-state index contributed by atoms with van der Waals surface area (Å²) in [5.41, 5.74) is 0.860. The van der Waals surface area contributed by atoms with Crippen LogP contribution in [0.3, 0.4) is 0 Å². The van der Waals surface area contributed by atoms with Gasteiger partial charge in [0.25, 0.3) is 0 Å². The second-order valence-corrected chi connectivity index (χ2v) is 8.48. The topological polar surface area (TPSA) is 114 Å². The lowest BCUT2D eigenvalue weighted by molar-refractivity contribution is -0.139. The Kier molecular flexibility index (Phi) is 7.76. The number of nitrogens with one attached hydrogen (secondary N) is 3. The van der Waals surface area contributed by atoms with Crippen LogP contribution in [-0.2, 0) is 30.8 Å². The maximum atomic E-state index is 12.1. The molecule has 0 spiro atoms. The molecule has 2 rings (SSSR count). The predicted octanol–water partition coefficient (Wildman–Crippen LogP) is 0.327. The summed E-state index contributed by atoms with van der Waals surface area (Å²) in [5, 5.41) is 5.12. The van der Waals surface area contributed by atoms with Crippen LogP contribution in [0.15, 0.2) is 29.2 Å². The molecule has 1 unspecified atom stereocenters. The lowest BCUT2D eigenvalue weighted by Gasteiger charge is -2.11. The van der Waals surface area contributed by atoms with Gasteiger partial charge in [0.2, 0.25) is 10.0 Å². The standard InChI is InChI=1S/C18H27N3O5S/c1-13(2)21-27(24,25)16-7-5-14(6-8-16)9-10-19-17(22)18(23)20-12-15-4-3-11-26-15/h5-8,13,15,21H,3-4,9-12H2,1-2H3,(H,19,22)(H,20,23). The minimum absolute atomic E-state index is 0.0123. The SMILES string of the molecule is CC(C)NS(=O)(=O)c1ccc(CCNC(=O)C(=O)NCC2CCCO2)cc1. The molecule has 1 aliphatic rings. The van der Waals surface area contributed by atoms with Crippen molar-refractivity contribution in [3.63, 3.8) is 0 Å². The molecule has 8 nitrogen and oxygen atoms in total. The number of carbonyl (C=O) groups is 2. The Labute approximate surface area is 160 Å². The first-order valence-electron chi connectivity index (χ1n) is 9.07. The molecule has 1 heterocycles. The van der Waals surface area contributed by atoms with Crippen molar-refractivity contribution in [1.82, 2.24) is 15.4 Å². The molecule has 3 N–H and O–H groups in total. The van der Waals surface area contributed by atoms with Crippen molar-refractivity contribution in [3.8, 4) is 0 Å². The van der Waals surface area contributed by atoms with E-state index in [4.69, 9.17) is 4.74 Å². The van der Waals surface area contributed by atoms with Crippen molar-refractivity contribution >= 4 is 21.8 Å². The van der Waals surface area contributed by atoms with Crippen LogP contribution in [0.4, 0.5) is 0 Å². The van der Waals surface area contributed by atoms with Crippen LogP contribution in [0, 0.1) is 0 Å². The second kappa shape index (κ2) is 9.82. The molecule has 9 heteroatoms. The maximum Gasteiger partial charge on any atom is 0.309 e. The van der Waals surface area contributed by atoms with Crippen LogP contribution >= 0.6 is 0 Å². The van der Waals surface area contributed by atoms with Crippen molar-refractivity contribution in [1.29, 1.82) is 0 Å². The van der Waals surface area contributed by atoms with Gasteiger partial charge in [-0.1, -0.05) is 12.1 Å². The molecule has 1 aromatic carbocycles. The summed E-state index contributed by atoms with van der Waals surface area (Å²) >= 11 is 0. The third kappa shape index (κ3) is 6.93. The molecule has 1 fully saturated rings. The third-order valence-corrected chi connectivity index (χ3v) is 5.72.